The Labute approximate surface area is 134 Å². The molecule has 2 aromatic carbocycles. The first-order chi connectivity index (χ1) is 10.5. The summed E-state index contributed by atoms with van der Waals surface area (Å²) in [4.78, 5) is 32.3. The molecule has 1 heterocycles. The number of hydrogen-bond donors (Lipinski definition) is 1. The Kier molecular flexibility index (Phi) is 3.85. The summed E-state index contributed by atoms with van der Waals surface area (Å²) in [7, 11) is 0. The van der Waals surface area contributed by atoms with Crippen LogP contribution in [0.1, 0.15) is 18.5 Å². The van der Waals surface area contributed by atoms with Crippen molar-refractivity contribution in [2.24, 2.45) is 9.98 Å². The van der Waals surface area contributed by atoms with E-state index in [-0.39, 0.29) is 11.8 Å². The molecule has 5 nitrogen and oxygen atoms in total. The van der Waals surface area contributed by atoms with Crippen molar-refractivity contribution in [3.05, 3.63) is 63.2 Å². The van der Waals surface area contributed by atoms with Crippen LogP contribution in [0.4, 0.5) is 5.69 Å². The molecule has 0 spiro atoms. The van der Waals surface area contributed by atoms with Gasteiger partial charge in [0.2, 0.25) is 5.91 Å². The van der Waals surface area contributed by atoms with Crippen molar-refractivity contribution in [1.82, 2.24) is 0 Å². The molecule has 6 heteroatoms. The van der Waals surface area contributed by atoms with Crippen LogP contribution in [0.3, 0.4) is 0 Å². The molecule has 1 unspecified atom stereocenters. The number of rotatable bonds is 2. The maximum absolute atomic E-state index is 12.3. The van der Waals surface area contributed by atoms with E-state index in [1.54, 1.807) is 24.3 Å². The fourth-order valence-corrected chi connectivity index (χ4v) is 2.69. The minimum Gasteiger partial charge on any atom is -0.326 e. The number of para-hydroxylation sites is 2. The molecule has 0 bridgehead atoms. The second-order valence-corrected chi connectivity index (χ2v) is 5.80. The molecule has 22 heavy (non-hydrogen) atoms. The summed E-state index contributed by atoms with van der Waals surface area (Å²) in [6.45, 7) is 1.42. The minimum absolute atomic E-state index is 0.204. The van der Waals surface area contributed by atoms with Gasteiger partial charge in [-0.1, -0.05) is 28.1 Å². The van der Waals surface area contributed by atoms with E-state index < -0.39 is 6.04 Å². The van der Waals surface area contributed by atoms with Crippen LogP contribution >= 0.6 is 15.9 Å². The van der Waals surface area contributed by atoms with E-state index in [0.29, 0.717) is 22.0 Å². The van der Waals surface area contributed by atoms with Crippen LogP contribution in [0.5, 0.6) is 0 Å². The number of fused-ring (bicyclic) bond motifs is 1. The number of hydrogen-bond acceptors (Lipinski definition) is 3. The number of amides is 2. The first-order valence-electron chi connectivity index (χ1n) is 6.67. The summed E-state index contributed by atoms with van der Waals surface area (Å²) in [6.07, 6.45) is 0. The van der Waals surface area contributed by atoms with Crippen LogP contribution in [0, 0.1) is 0 Å². The Balaban J connectivity index is 2.15. The molecule has 2 aromatic rings. The topological polar surface area (TPSA) is 70.9 Å². The predicted molar refractivity (Wildman–Crippen MR) is 84.9 cm³/mol. The number of nitrogens with zero attached hydrogens (tertiary/aromatic N) is 2. The van der Waals surface area contributed by atoms with E-state index in [2.05, 4.69) is 31.2 Å². The van der Waals surface area contributed by atoms with Crippen LogP contribution in [-0.4, -0.2) is 11.8 Å². The Bertz CT molecular complexity index is 893. The molecule has 0 aliphatic carbocycles. The number of nitrogens with one attached hydrogen (secondary N) is 1. The molecular formula is C16H12BrN3O2. The Morgan fingerprint density at radius 2 is 1.91 bits per heavy atom. The first kappa shape index (κ1) is 14.6. The van der Waals surface area contributed by atoms with Gasteiger partial charge in [-0.25, -0.2) is 4.99 Å². The SMILES string of the molecule is CC(=O)Nc1ccc(Br)cc1C1N=c2ccccc2=NC1=O. The maximum Gasteiger partial charge on any atom is 0.275 e. The zero-order chi connectivity index (χ0) is 15.7. The normalized spacial score (nSPS) is 16.3. The van der Waals surface area contributed by atoms with Crippen LogP contribution < -0.4 is 16.0 Å². The second kappa shape index (κ2) is 5.81. The van der Waals surface area contributed by atoms with E-state index in [0.717, 1.165) is 4.47 Å². The minimum atomic E-state index is -0.755. The molecule has 1 aliphatic rings. The highest BCUT2D eigenvalue weighted by Crippen LogP contribution is 2.30. The zero-order valence-electron chi connectivity index (χ0n) is 11.7. The molecule has 0 saturated carbocycles. The summed E-state index contributed by atoms with van der Waals surface area (Å²) < 4.78 is 0.804. The number of carbonyl (C=O) groups excluding carboxylic acids is 2. The lowest BCUT2D eigenvalue weighted by atomic mass is 10.0. The molecule has 1 N–H and O–H groups in total. The van der Waals surface area contributed by atoms with E-state index >= 15 is 0 Å². The van der Waals surface area contributed by atoms with Crippen LogP contribution in [0.2, 0.25) is 0 Å². The number of anilines is 1. The smallest absolute Gasteiger partial charge is 0.275 e. The maximum atomic E-state index is 12.3. The number of halogens is 1. The molecule has 0 radical (unpaired) electrons. The zero-order valence-corrected chi connectivity index (χ0v) is 13.3. The van der Waals surface area contributed by atoms with Gasteiger partial charge in [0.1, 0.15) is 0 Å². The average Bonchev–Trinajstić information content (AvgIpc) is 2.48. The van der Waals surface area contributed by atoms with E-state index in [9.17, 15) is 9.59 Å². The Morgan fingerprint density at radius 1 is 1.18 bits per heavy atom. The molecule has 1 aliphatic heterocycles. The van der Waals surface area contributed by atoms with Crippen molar-refractivity contribution in [2.45, 2.75) is 13.0 Å². The standard InChI is InChI=1S/C16H12BrN3O2/c1-9(21)18-12-7-6-10(17)8-11(12)15-16(22)20-14-5-3-2-4-13(14)19-15/h2-8,15H,1H3,(H,18,21). The number of benzene rings is 2. The average molecular weight is 358 g/mol. The highest BCUT2D eigenvalue weighted by molar-refractivity contribution is 9.10. The van der Waals surface area contributed by atoms with Gasteiger partial charge in [0.25, 0.3) is 5.91 Å². The molecule has 0 saturated heterocycles. The summed E-state index contributed by atoms with van der Waals surface area (Å²) in [5.74, 6) is -0.549. The molecule has 0 aromatic heterocycles. The second-order valence-electron chi connectivity index (χ2n) is 4.88. The summed E-state index contributed by atoms with van der Waals surface area (Å²) in [6, 6.07) is 11.8. The first-order valence-corrected chi connectivity index (χ1v) is 7.46. The summed E-state index contributed by atoms with van der Waals surface area (Å²) in [5.41, 5.74) is 1.18. The fraction of sp³-hybridized carbons (Fsp3) is 0.125. The Morgan fingerprint density at radius 3 is 2.64 bits per heavy atom. The van der Waals surface area contributed by atoms with Gasteiger partial charge < -0.3 is 5.32 Å². The molecule has 0 fully saturated rings. The summed E-state index contributed by atoms with van der Waals surface area (Å²) >= 11 is 3.38. The van der Waals surface area contributed by atoms with Crippen molar-refractivity contribution in [2.75, 3.05) is 5.32 Å². The third-order valence-electron chi connectivity index (χ3n) is 3.23. The molecular weight excluding hydrogens is 346 g/mol. The van der Waals surface area contributed by atoms with Crippen molar-refractivity contribution in [3.8, 4) is 0 Å². The van der Waals surface area contributed by atoms with Gasteiger partial charge in [0.05, 0.1) is 10.7 Å². The van der Waals surface area contributed by atoms with Crippen molar-refractivity contribution in [1.29, 1.82) is 0 Å². The van der Waals surface area contributed by atoms with Gasteiger partial charge in [-0.3, -0.25) is 14.6 Å². The fourth-order valence-electron chi connectivity index (χ4n) is 2.31. The van der Waals surface area contributed by atoms with Gasteiger partial charge in [-0.2, -0.15) is 0 Å². The molecule has 110 valence electrons. The molecule has 3 rings (SSSR count). The van der Waals surface area contributed by atoms with Crippen molar-refractivity contribution < 1.29 is 9.59 Å². The number of carbonyl (C=O) groups is 2. The van der Waals surface area contributed by atoms with Gasteiger partial charge >= 0.3 is 0 Å². The van der Waals surface area contributed by atoms with Crippen LogP contribution in [0.25, 0.3) is 0 Å². The van der Waals surface area contributed by atoms with Gasteiger partial charge in [-0.15, -0.1) is 0 Å². The largest absolute Gasteiger partial charge is 0.326 e. The van der Waals surface area contributed by atoms with Crippen LogP contribution in [-0.2, 0) is 9.59 Å². The van der Waals surface area contributed by atoms with Crippen molar-refractivity contribution in [3.63, 3.8) is 0 Å². The van der Waals surface area contributed by atoms with E-state index in [4.69, 9.17) is 0 Å². The lowest BCUT2D eigenvalue weighted by Gasteiger charge is -2.17. The highest BCUT2D eigenvalue weighted by atomic mass is 79.9. The van der Waals surface area contributed by atoms with E-state index in [1.807, 2.05) is 18.2 Å². The van der Waals surface area contributed by atoms with Gasteiger partial charge in [0, 0.05) is 22.6 Å². The molecule has 2 amide bonds. The van der Waals surface area contributed by atoms with Crippen LogP contribution in [0.15, 0.2) is 56.9 Å². The third kappa shape index (κ3) is 2.82. The predicted octanol–water partition coefficient (Wildman–Crippen LogP) is 1.93. The molecule has 1 atom stereocenters. The Hall–Kier alpha value is -2.34. The summed E-state index contributed by atoms with van der Waals surface area (Å²) in [5, 5.41) is 3.97. The lowest BCUT2D eigenvalue weighted by molar-refractivity contribution is -0.119. The van der Waals surface area contributed by atoms with Crippen molar-refractivity contribution >= 4 is 33.4 Å². The van der Waals surface area contributed by atoms with Gasteiger partial charge in [-0.05, 0) is 30.3 Å². The third-order valence-corrected chi connectivity index (χ3v) is 3.73. The lowest BCUT2D eigenvalue weighted by Crippen LogP contribution is -2.33. The highest BCUT2D eigenvalue weighted by Gasteiger charge is 2.25. The quantitative estimate of drug-likeness (QED) is 0.891. The van der Waals surface area contributed by atoms with E-state index in [1.165, 1.54) is 6.92 Å². The monoisotopic (exact) mass is 357 g/mol. The van der Waals surface area contributed by atoms with Gasteiger partial charge in [0.15, 0.2) is 6.04 Å².